The quantitative estimate of drug-likeness (QED) is 0.806. The highest BCUT2D eigenvalue weighted by Gasteiger charge is 2.31. The summed E-state index contributed by atoms with van der Waals surface area (Å²) in [6.45, 7) is 3.53. The lowest BCUT2D eigenvalue weighted by molar-refractivity contribution is -0.274. The third kappa shape index (κ3) is 4.77. The van der Waals surface area contributed by atoms with E-state index < -0.39 is 6.36 Å². The minimum atomic E-state index is -4.71. The number of para-hydroxylation sites is 1. The zero-order valence-corrected chi connectivity index (χ0v) is 10.3. The fourth-order valence-corrected chi connectivity index (χ4v) is 1.48. The molecule has 1 aromatic rings. The van der Waals surface area contributed by atoms with Crippen LogP contribution in [0.2, 0.25) is 0 Å². The smallest absolute Gasteiger partial charge is 0.406 e. The van der Waals surface area contributed by atoms with Crippen LogP contribution in [0.1, 0.15) is 25.8 Å². The summed E-state index contributed by atoms with van der Waals surface area (Å²) in [5.74, 6) is -0.320. The first kappa shape index (κ1) is 14.5. The lowest BCUT2D eigenvalue weighted by Gasteiger charge is -2.13. The number of rotatable bonds is 5. The van der Waals surface area contributed by atoms with Crippen LogP contribution in [0.3, 0.4) is 0 Å². The first-order chi connectivity index (χ1) is 8.29. The molecule has 5 heteroatoms. The lowest BCUT2D eigenvalue weighted by atomic mass is 10.0. The summed E-state index contributed by atoms with van der Waals surface area (Å²) in [4.78, 5) is 11.4. The van der Waals surface area contributed by atoms with Crippen LogP contribution in [0.15, 0.2) is 24.3 Å². The van der Waals surface area contributed by atoms with Gasteiger partial charge in [-0.1, -0.05) is 32.0 Å². The molecule has 0 aliphatic carbocycles. The Morgan fingerprint density at radius 2 is 1.89 bits per heavy atom. The van der Waals surface area contributed by atoms with Gasteiger partial charge < -0.3 is 4.74 Å². The van der Waals surface area contributed by atoms with Crippen molar-refractivity contribution in [3.63, 3.8) is 0 Å². The van der Waals surface area contributed by atoms with Gasteiger partial charge in [0, 0.05) is 12.3 Å². The van der Waals surface area contributed by atoms with E-state index in [4.69, 9.17) is 0 Å². The van der Waals surface area contributed by atoms with Gasteiger partial charge in [0.15, 0.2) is 0 Å². The largest absolute Gasteiger partial charge is 0.573 e. The van der Waals surface area contributed by atoms with Gasteiger partial charge in [-0.15, -0.1) is 13.2 Å². The molecular formula is C13H15F3O2. The van der Waals surface area contributed by atoms with Crippen LogP contribution in [0.4, 0.5) is 13.2 Å². The van der Waals surface area contributed by atoms with Gasteiger partial charge in [0.2, 0.25) is 0 Å². The summed E-state index contributed by atoms with van der Waals surface area (Å²) in [5, 5.41) is 0. The maximum Gasteiger partial charge on any atom is 0.573 e. The summed E-state index contributed by atoms with van der Waals surface area (Å²) >= 11 is 0. The highest BCUT2D eigenvalue weighted by atomic mass is 19.4. The van der Waals surface area contributed by atoms with Gasteiger partial charge >= 0.3 is 6.36 Å². The van der Waals surface area contributed by atoms with E-state index in [-0.39, 0.29) is 30.3 Å². The van der Waals surface area contributed by atoms with Crippen molar-refractivity contribution >= 4 is 5.78 Å². The maximum absolute atomic E-state index is 12.2. The zero-order valence-electron chi connectivity index (χ0n) is 10.3. The number of carbonyl (C=O) groups excluding carboxylic acids is 1. The SMILES string of the molecule is CC(C)C(=O)CCc1ccccc1OC(F)(F)F. The Morgan fingerprint density at radius 3 is 2.44 bits per heavy atom. The molecule has 0 aromatic heterocycles. The number of halogens is 3. The third-order valence-electron chi connectivity index (χ3n) is 2.48. The monoisotopic (exact) mass is 260 g/mol. The van der Waals surface area contributed by atoms with Crippen LogP contribution in [0.5, 0.6) is 5.75 Å². The third-order valence-corrected chi connectivity index (χ3v) is 2.48. The Kier molecular flexibility index (Phi) is 4.76. The highest BCUT2D eigenvalue weighted by molar-refractivity contribution is 5.80. The number of ether oxygens (including phenoxy) is 1. The molecule has 0 fully saturated rings. The van der Waals surface area contributed by atoms with Gasteiger partial charge in [0.1, 0.15) is 11.5 Å². The Labute approximate surface area is 104 Å². The van der Waals surface area contributed by atoms with Crippen molar-refractivity contribution < 1.29 is 22.7 Å². The van der Waals surface area contributed by atoms with Crippen LogP contribution in [0, 0.1) is 5.92 Å². The van der Waals surface area contributed by atoms with Gasteiger partial charge in [-0.25, -0.2) is 0 Å². The first-order valence-electron chi connectivity index (χ1n) is 5.66. The molecule has 0 aliphatic rings. The van der Waals surface area contributed by atoms with E-state index in [9.17, 15) is 18.0 Å². The predicted octanol–water partition coefficient (Wildman–Crippen LogP) is 3.74. The zero-order chi connectivity index (χ0) is 13.8. The Hall–Kier alpha value is -1.52. The van der Waals surface area contributed by atoms with Crippen molar-refractivity contribution in [2.45, 2.75) is 33.1 Å². The molecule has 0 radical (unpaired) electrons. The van der Waals surface area contributed by atoms with Gasteiger partial charge in [-0.2, -0.15) is 0 Å². The lowest BCUT2D eigenvalue weighted by Crippen LogP contribution is -2.18. The van der Waals surface area contributed by atoms with Crippen molar-refractivity contribution in [1.82, 2.24) is 0 Å². The summed E-state index contributed by atoms with van der Waals surface area (Å²) in [6.07, 6.45) is -4.24. The number of hydrogen-bond acceptors (Lipinski definition) is 2. The van der Waals surface area contributed by atoms with E-state index in [1.165, 1.54) is 18.2 Å². The standard InChI is InChI=1S/C13H15F3O2/c1-9(2)11(17)8-7-10-5-3-4-6-12(10)18-13(14,15)16/h3-6,9H,7-8H2,1-2H3. The van der Waals surface area contributed by atoms with Gasteiger partial charge in [-0.05, 0) is 18.1 Å². The average Bonchev–Trinajstić information content (AvgIpc) is 2.25. The van der Waals surface area contributed by atoms with Crippen molar-refractivity contribution in [1.29, 1.82) is 0 Å². The molecule has 18 heavy (non-hydrogen) atoms. The molecule has 0 bridgehead atoms. The van der Waals surface area contributed by atoms with Crippen LogP contribution in [-0.2, 0) is 11.2 Å². The number of benzene rings is 1. The van der Waals surface area contributed by atoms with E-state index in [1.807, 2.05) is 0 Å². The number of alkyl halides is 3. The van der Waals surface area contributed by atoms with Crippen LogP contribution in [0.25, 0.3) is 0 Å². The minimum absolute atomic E-state index is 0.0248. The molecule has 0 amide bonds. The second-order valence-electron chi connectivity index (χ2n) is 4.28. The fraction of sp³-hybridized carbons (Fsp3) is 0.462. The first-order valence-corrected chi connectivity index (χ1v) is 5.66. The van der Waals surface area contributed by atoms with Gasteiger partial charge in [0.25, 0.3) is 0 Å². The Bertz CT molecular complexity index is 411. The number of aryl methyl sites for hydroxylation is 1. The Balaban J connectivity index is 2.74. The molecule has 1 rings (SSSR count). The van der Waals surface area contributed by atoms with Crippen LogP contribution < -0.4 is 4.74 Å². The van der Waals surface area contributed by atoms with E-state index in [1.54, 1.807) is 19.9 Å². The maximum atomic E-state index is 12.2. The summed E-state index contributed by atoms with van der Waals surface area (Å²) < 4.78 is 40.4. The van der Waals surface area contributed by atoms with Gasteiger partial charge in [0.05, 0.1) is 0 Å². The molecule has 0 unspecified atom stereocenters. The normalized spacial score (nSPS) is 11.7. The minimum Gasteiger partial charge on any atom is -0.406 e. The molecule has 1 aromatic carbocycles. The molecular weight excluding hydrogens is 245 g/mol. The summed E-state index contributed by atoms with van der Waals surface area (Å²) in [6, 6.07) is 5.88. The van der Waals surface area contributed by atoms with E-state index in [2.05, 4.69) is 4.74 Å². The molecule has 100 valence electrons. The molecule has 0 aliphatic heterocycles. The fourth-order valence-electron chi connectivity index (χ4n) is 1.48. The van der Waals surface area contributed by atoms with Gasteiger partial charge in [-0.3, -0.25) is 4.79 Å². The molecule has 0 saturated carbocycles. The highest BCUT2D eigenvalue weighted by Crippen LogP contribution is 2.27. The van der Waals surface area contributed by atoms with Crippen molar-refractivity contribution in [2.75, 3.05) is 0 Å². The van der Waals surface area contributed by atoms with Crippen molar-refractivity contribution in [3.05, 3.63) is 29.8 Å². The molecule has 0 N–H and O–H groups in total. The van der Waals surface area contributed by atoms with Crippen molar-refractivity contribution in [3.8, 4) is 5.75 Å². The average molecular weight is 260 g/mol. The molecule has 0 atom stereocenters. The second kappa shape index (κ2) is 5.89. The molecule has 0 saturated heterocycles. The predicted molar refractivity (Wildman–Crippen MR) is 61.3 cm³/mol. The molecule has 0 heterocycles. The number of Topliss-reactive ketones (excluding diaryl/α,β-unsaturated/α-hetero) is 1. The summed E-state index contributed by atoms with van der Waals surface area (Å²) in [7, 11) is 0. The topological polar surface area (TPSA) is 26.3 Å². The van der Waals surface area contributed by atoms with Crippen LogP contribution >= 0.6 is 0 Å². The van der Waals surface area contributed by atoms with E-state index in [0.29, 0.717) is 5.56 Å². The molecule has 2 nitrogen and oxygen atoms in total. The van der Waals surface area contributed by atoms with Crippen molar-refractivity contribution in [2.24, 2.45) is 5.92 Å². The van der Waals surface area contributed by atoms with E-state index >= 15 is 0 Å². The number of carbonyl (C=O) groups is 1. The number of ketones is 1. The number of hydrogen-bond donors (Lipinski definition) is 0. The second-order valence-corrected chi connectivity index (χ2v) is 4.28. The van der Waals surface area contributed by atoms with E-state index in [0.717, 1.165) is 0 Å². The Morgan fingerprint density at radius 1 is 1.28 bits per heavy atom. The van der Waals surface area contributed by atoms with Crippen LogP contribution in [-0.4, -0.2) is 12.1 Å². The molecule has 0 spiro atoms. The summed E-state index contributed by atoms with van der Waals surface area (Å²) in [5.41, 5.74) is 0.392.